The maximum Gasteiger partial charge on any atom is 0.413 e. The van der Waals surface area contributed by atoms with E-state index in [1.54, 1.807) is 46.0 Å². The average molecular weight is 397 g/mol. The highest BCUT2D eigenvalue weighted by molar-refractivity contribution is 8.15. The van der Waals surface area contributed by atoms with Crippen LogP contribution in [0.4, 0.5) is 10.6 Å². The molecule has 1 unspecified atom stereocenters. The number of rotatable bonds is 7. The van der Waals surface area contributed by atoms with E-state index in [2.05, 4.69) is 10.3 Å². The summed E-state index contributed by atoms with van der Waals surface area (Å²) < 4.78 is 9.37. The standard InChI is InChI=1S/C19H28N2O5S/c1-7-19(27-13(3)22,16(23)25-8-2)11-14-9-10-15(20-12-14)21-17(24)26-18(4,5)6/h9-10,12H,7-8,11H2,1-6H3,(H,20,21,24). The number of ether oxygens (including phenoxy) is 2. The highest BCUT2D eigenvalue weighted by Gasteiger charge is 2.40. The second kappa shape index (κ2) is 9.73. The Labute approximate surface area is 164 Å². The summed E-state index contributed by atoms with van der Waals surface area (Å²) in [7, 11) is 0. The van der Waals surface area contributed by atoms with E-state index in [4.69, 9.17) is 9.47 Å². The van der Waals surface area contributed by atoms with Gasteiger partial charge in [-0.2, -0.15) is 0 Å². The van der Waals surface area contributed by atoms with Crippen molar-refractivity contribution in [1.82, 2.24) is 4.98 Å². The molecule has 1 heterocycles. The molecule has 8 heteroatoms. The van der Waals surface area contributed by atoms with Gasteiger partial charge in [0, 0.05) is 13.1 Å². The van der Waals surface area contributed by atoms with Crippen molar-refractivity contribution < 1.29 is 23.9 Å². The number of carbonyl (C=O) groups excluding carboxylic acids is 3. The largest absolute Gasteiger partial charge is 0.465 e. The van der Waals surface area contributed by atoms with Crippen LogP contribution in [0.15, 0.2) is 18.3 Å². The summed E-state index contributed by atoms with van der Waals surface area (Å²) in [6.45, 7) is 10.6. The van der Waals surface area contributed by atoms with Gasteiger partial charge < -0.3 is 9.47 Å². The Balaban J connectivity index is 2.92. The molecular weight excluding hydrogens is 368 g/mol. The first-order chi connectivity index (χ1) is 12.5. The number of hydrogen-bond acceptors (Lipinski definition) is 7. The normalized spacial score (nSPS) is 13.4. The summed E-state index contributed by atoms with van der Waals surface area (Å²) in [5.74, 6) is -0.0749. The van der Waals surface area contributed by atoms with Crippen molar-refractivity contribution in [2.75, 3.05) is 11.9 Å². The Morgan fingerprint density at radius 2 is 1.85 bits per heavy atom. The average Bonchev–Trinajstić information content (AvgIpc) is 2.54. The number of nitrogens with zero attached hydrogens (tertiary/aromatic N) is 1. The second-order valence-corrected chi connectivity index (χ2v) is 8.58. The lowest BCUT2D eigenvalue weighted by atomic mass is 9.97. The zero-order valence-corrected chi connectivity index (χ0v) is 17.6. The first-order valence-electron chi connectivity index (χ1n) is 8.83. The van der Waals surface area contributed by atoms with E-state index in [0.717, 1.165) is 17.3 Å². The monoisotopic (exact) mass is 396 g/mol. The van der Waals surface area contributed by atoms with Gasteiger partial charge in [-0.3, -0.25) is 14.9 Å². The summed E-state index contributed by atoms with van der Waals surface area (Å²) in [5.41, 5.74) is 0.155. The molecule has 0 bridgehead atoms. The predicted molar refractivity (Wildman–Crippen MR) is 106 cm³/mol. The maximum atomic E-state index is 12.5. The molecule has 1 N–H and O–H groups in total. The van der Waals surface area contributed by atoms with Crippen LogP contribution in [0.1, 0.15) is 53.5 Å². The van der Waals surface area contributed by atoms with Gasteiger partial charge in [0.1, 0.15) is 16.2 Å². The Morgan fingerprint density at radius 1 is 1.19 bits per heavy atom. The minimum atomic E-state index is -0.996. The molecule has 0 spiro atoms. The van der Waals surface area contributed by atoms with Gasteiger partial charge in [-0.15, -0.1) is 0 Å². The number of hydrogen-bond donors (Lipinski definition) is 1. The van der Waals surface area contributed by atoms with Crippen LogP contribution in [-0.4, -0.2) is 39.1 Å². The quantitative estimate of drug-likeness (QED) is 0.697. The van der Waals surface area contributed by atoms with Crippen molar-refractivity contribution in [2.24, 2.45) is 0 Å². The van der Waals surface area contributed by atoms with E-state index in [0.29, 0.717) is 18.7 Å². The van der Waals surface area contributed by atoms with Crippen LogP contribution in [0.2, 0.25) is 0 Å². The zero-order chi connectivity index (χ0) is 20.7. The molecule has 0 fully saturated rings. The number of aromatic nitrogens is 1. The summed E-state index contributed by atoms with van der Waals surface area (Å²) in [6.07, 6.45) is 1.71. The van der Waals surface area contributed by atoms with Gasteiger partial charge in [-0.05, 0) is 52.2 Å². The smallest absolute Gasteiger partial charge is 0.413 e. The van der Waals surface area contributed by atoms with Crippen molar-refractivity contribution in [3.63, 3.8) is 0 Å². The first-order valence-corrected chi connectivity index (χ1v) is 9.64. The molecule has 150 valence electrons. The number of amides is 1. The molecule has 27 heavy (non-hydrogen) atoms. The van der Waals surface area contributed by atoms with Crippen molar-refractivity contribution in [3.05, 3.63) is 23.9 Å². The Hall–Kier alpha value is -2.09. The number of thioether (sulfide) groups is 1. The zero-order valence-electron chi connectivity index (χ0n) is 16.8. The van der Waals surface area contributed by atoms with Crippen molar-refractivity contribution in [3.8, 4) is 0 Å². The van der Waals surface area contributed by atoms with E-state index < -0.39 is 22.4 Å². The van der Waals surface area contributed by atoms with Crippen LogP contribution in [0.3, 0.4) is 0 Å². The van der Waals surface area contributed by atoms with Gasteiger partial charge in [0.2, 0.25) is 0 Å². The van der Waals surface area contributed by atoms with Crippen LogP contribution < -0.4 is 5.32 Å². The molecule has 0 radical (unpaired) electrons. The fourth-order valence-corrected chi connectivity index (χ4v) is 3.45. The van der Waals surface area contributed by atoms with Crippen LogP contribution >= 0.6 is 11.8 Å². The summed E-state index contributed by atoms with van der Waals surface area (Å²) in [4.78, 5) is 40.2. The molecule has 1 amide bonds. The molecule has 0 saturated carbocycles. The number of pyridine rings is 1. The predicted octanol–water partition coefficient (Wildman–Crippen LogP) is 3.96. The van der Waals surface area contributed by atoms with Crippen molar-refractivity contribution in [2.45, 2.75) is 64.7 Å². The van der Waals surface area contributed by atoms with Gasteiger partial charge in [0.15, 0.2) is 5.12 Å². The third kappa shape index (κ3) is 7.58. The third-order valence-corrected chi connectivity index (χ3v) is 4.78. The van der Waals surface area contributed by atoms with E-state index in [1.807, 2.05) is 6.92 Å². The highest BCUT2D eigenvalue weighted by atomic mass is 32.2. The summed E-state index contributed by atoms with van der Waals surface area (Å²) in [5, 5.41) is 2.40. The van der Waals surface area contributed by atoms with Crippen LogP contribution in [0, 0.1) is 0 Å². The molecule has 0 aliphatic carbocycles. The van der Waals surface area contributed by atoms with E-state index >= 15 is 0 Å². The molecule has 7 nitrogen and oxygen atoms in total. The molecule has 1 rings (SSSR count). The van der Waals surface area contributed by atoms with Gasteiger partial charge >= 0.3 is 12.1 Å². The van der Waals surface area contributed by atoms with Crippen LogP contribution in [-0.2, 0) is 25.5 Å². The molecule has 1 aromatic heterocycles. The fourth-order valence-electron chi connectivity index (χ4n) is 2.37. The third-order valence-electron chi connectivity index (χ3n) is 3.50. The van der Waals surface area contributed by atoms with Crippen molar-refractivity contribution >= 4 is 34.8 Å². The Kier molecular flexibility index (Phi) is 8.27. The lowest BCUT2D eigenvalue weighted by Gasteiger charge is -2.28. The molecule has 0 saturated heterocycles. The van der Waals surface area contributed by atoms with Gasteiger partial charge in [0.05, 0.1) is 6.61 Å². The number of esters is 1. The first kappa shape index (κ1) is 23.0. The van der Waals surface area contributed by atoms with E-state index in [-0.39, 0.29) is 11.7 Å². The molecule has 1 atom stereocenters. The Morgan fingerprint density at radius 3 is 2.30 bits per heavy atom. The molecule has 0 aromatic carbocycles. The molecule has 0 aliphatic heterocycles. The number of carbonyl (C=O) groups is 3. The van der Waals surface area contributed by atoms with E-state index in [1.165, 1.54) is 6.92 Å². The summed E-state index contributed by atoms with van der Waals surface area (Å²) >= 11 is 0.980. The van der Waals surface area contributed by atoms with Gasteiger partial charge in [0.25, 0.3) is 0 Å². The van der Waals surface area contributed by atoms with Crippen molar-refractivity contribution in [1.29, 1.82) is 0 Å². The number of anilines is 1. The Bertz CT molecular complexity index is 670. The lowest BCUT2D eigenvalue weighted by Crippen LogP contribution is -2.39. The number of nitrogens with one attached hydrogen (secondary N) is 1. The van der Waals surface area contributed by atoms with Gasteiger partial charge in [-0.1, -0.05) is 24.8 Å². The summed E-state index contributed by atoms with van der Waals surface area (Å²) in [6, 6.07) is 3.38. The van der Waals surface area contributed by atoms with Crippen LogP contribution in [0.25, 0.3) is 0 Å². The minimum Gasteiger partial charge on any atom is -0.465 e. The molecule has 1 aromatic rings. The molecular formula is C19H28N2O5S. The topological polar surface area (TPSA) is 94.6 Å². The second-order valence-electron chi connectivity index (χ2n) is 7.02. The maximum absolute atomic E-state index is 12.5. The van der Waals surface area contributed by atoms with Gasteiger partial charge in [-0.25, -0.2) is 9.78 Å². The fraction of sp³-hybridized carbons (Fsp3) is 0.579. The lowest BCUT2D eigenvalue weighted by molar-refractivity contribution is -0.146. The highest BCUT2D eigenvalue weighted by Crippen LogP contribution is 2.35. The minimum absolute atomic E-state index is 0.152. The molecule has 0 aliphatic rings. The SMILES string of the molecule is CCOC(=O)C(CC)(Cc1ccc(NC(=O)OC(C)(C)C)nc1)SC(C)=O. The van der Waals surface area contributed by atoms with Crippen LogP contribution in [0.5, 0.6) is 0 Å². The van der Waals surface area contributed by atoms with E-state index in [9.17, 15) is 14.4 Å².